The average Bonchev–Trinajstić information content (AvgIpc) is 2.80. The SMILES string of the molecule is CCn1nc(C)c(S(=O)(=O)NCC(=O)N2CCOCC2)c1C. The van der Waals surface area contributed by atoms with Crippen LogP contribution in [0.4, 0.5) is 0 Å². The predicted molar refractivity (Wildman–Crippen MR) is 80.0 cm³/mol. The second-order valence-corrected chi connectivity index (χ2v) is 6.84. The second kappa shape index (κ2) is 6.76. The summed E-state index contributed by atoms with van der Waals surface area (Å²) in [5.41, 5.74) is 1.01. The summed E-state index contributed by atoms with van der Waals surface area (Å²) < 4.78 is 34.0. The molecule has 1 fully saturated rings. The van der Waals surface area contributed by atoms with E-state index in [1.165, 1.54) is 0 Å². The van der Waals surface area contributed by atoms with Gasteiger partial charge in [0.1, 0.15) is 4.90 Å². The van der Waals surface area contributed by atoms with E-state index in [9.17, 15) is 13.2 Å². The standard InChI is InChI=1S/C13H22N4O4S/c1-4-17-11(3)13(10(2)15-17)22(19,20)14-9-12(18)16-5-7-21-8-6-16/h14H,4-9H2,1-3H3. The van der Waals surface area contributed by atoms with Gasteiger partial charge in [0.05, 0.1) is 31.1 Å². The van der Waals surface area contributed by atoms with Crippen molar-refractivity contribution >= 4 is 15.9 Å². The van der Waals surface area contributed by atoms with Gasteiger partial charge in [0, 0.05) is 19.6 Å². The van der Waals surface area contributed by atoms with Crippen LogP contribution in [0.15, 0.2) is 4.90 Å². The highest BCUT2D eigenvalue weighted by molar-refractivity contribution is 7.89. The molecule has 1 aromatic rings. The van der Waals surface area contributed by atoms with Crippen LogP contribution in [0.5, 0.6) is 0 Å². The van der Waals surface area contributed by atoms with Crippen LogP contribution < -0.4 is 4.72 Å². The molecule has 0 atom stereocenters. The number of carbonyl (C=O) groups excluding carboxylic acids is 1. The van der Waals surface area contributed by atoms with E-state index in [4.69, 9.17) is 4.74 Å². The number of ether oxygens (including phenoxy) is 1. The second-order valence-electron chi connectivity index (χ2n) is 5.13. The molecule has 9 heteroatoms. The van der Waals surface area contributed by atoms with E-state index in [1.807, 2.05) is 6.92 Å². The van der Waals surface area contributed by atoms with E-state index in [-0.39, 0.29) is 17.3 Å². The lowest BCUT2D eigenvalue weighted by Crippen LogP contribution is -2.45. The Bertz CT molecular complexity index is 647. The molecule has 1 amide bonds. The molecule has 124 valence electrons. The Morgan fingerprint density at radius 2 is 1.95 bits per heavy atom. The highest BCUT2D eigenvalue weighted by Crippen LogP contribution is 2.18. The van der Waals surface area contributed by atoms with Crippen LogP contribution in [0.2, 0.25) is 0 Å². The topological polar surface area (TPSA) is 93.5 Å². The number of hydrogen-bond acceptors (Lipinski definition) is 5. The quantitative estimate of drug-likeness (QED) is 0.797. The first-order valence-electron chi connectivity index (χ1n) is 7.26. The summed E-state index contributed by atoms with van der Waals surface area (Å²) in [6.07, 6.45) is 0. The highest BCUT2D eigenvalue weighted by atomic mass is 32.2. The van der Waals surface area contributed by atoms with Gasteiger partial charge in [0.15, 0.2) is 0 Å². The molecule has 0 spiro atoms. The maximum Gasteiger partial charge on any atom is 0.244 e. The molecule has 2 rings (SSSR count). The van der Waals surface area contributed by atoms with E-state index in [2.05, 4.69) is 9.82 Å². The Morgan fingerprint density at radius 3 is 2.50 bits per heavy atom. The Kier molecular flexibility index (Phi) is 5.20. The third-order valence-electron chi connectivity index (χ3n) is 3.66. The molecule has 0 bridgehead atoms. The van der Waals surface area contributed by atoms with Crippen LogP contribution in [-0.4, -0.2) is 61.9 Å². The molecular formula is C13H22N4O4S. The number of aromatic nitrogens is 2. The van der Waals surface area contributed by atoms with E-state index < -0.39 is 10.0 Å². The molecule has 1 aliphatic rings. The van der Waals surface area contributed by atoms with Gasteiger partial charge in [0.2, 0.25) is 15.9 Å². The number of nitrogens with one attached hydrogen (secondary N) is 1. The molecule has 22 heavy (non-hydrogen) atoms. The van der Waals surface area contributed by atoms with E-state index in [0.717, 1.165) is 0 Å². The first kappa shape index (κ1) is 16.9. The van der Waals surface area contributed by atoms with Gasteiger partial charge in [-0.1, -0.05) is 0 Å². The zero-order valence-corrected chi connectivity index (χ0v) is 13.9. The van der Waals surface area contributed by atoms with Crippen molar-refractivity contribution < 1.29 is 17.9 Å². The number of carbonyl (C=O) groups is 1. The molecule has 8 nitrogen and oxygen atoms in total. The zero-order valence-electron chi connectivity index (χ0n) is 13.1. The molecule has 0 unspecified atom stereocenters. The first-order chi connectivity index (χ1) is 10.4. The smallest absolute Gasteiger partial charge is 0.244 e. The summed E-state index contributed by atoms with van der Waals surface area (Å²) in [5.74, 6) is -0.245. The van der Waals surface area contributed by atoms with Gasteiger partial charge >= 0.3 is 0 Å². The van der Waals surface area contributed by atoms with Crippen LogP contribution in [0.1, 0.15) is 18.3 Å². The van der Waals surface area contributed by atoms with Gasteiger partial charge < -0.3 is 9.64 Å². The van der Waals surface area contributed by atoms with Crippen LogP contribution in [0.25, 0.3) is 0 Å². The molecule has 0 aliphatic carbocycles. The Labute approximate surface area is 130 Å². The number of rotatable bonds is 5. The summed E-state index contributed by atoms with van der Waals surface area (Å²) in [4.78, 5) is 13.8. The van der Waals surface area contributed by atoms with Gasteiger partial charge in [-0.25, -0.2) is 13.1 Å². The minimum absolute atomic E-state index is 0.157. The van der Waals surface area contributed by atoms with Crippen molar-refractivity contribution in [1.82, 2.24) is 19.4 Å². The molecule has 1 aliphatic heterocycles. The van der Waals surface area contributed by atoms with Crippen LogP contribution in [0, 0.1) is 13.8 Å². The average molecular weight is 330 g/mol. The predicted octanol–water partition coefficient (Wildman–Crippen LogP) is -0.343. The number of sulfonamides is 1. The Balaban J connectivity index is 2.08. The van der Waals surface area contributed by atoms with Gasteiger partial charge in [-0.2, -0.15) is 5.10 Å². The zero-order chi connectivity index (χ0) is 16.3. The lowest BCUT2D eigenvalue weighted by Gasteiger charge is -2.26. The largest absolute Gasteiger partial charge is 0.378 e. The maximum absolute atomic E-state index is 12.4. The molecule has 0 saturated carbocycles. The van der Waals surface area contributed by atoms with Crippen LogP contribution >= 0.6 is 0 Å². The Morgan fingerprint density at radius 1 is 1.32 bits per heavy atom. The van der Waals surface area contributed by atoms with Crippen molar-refractivity contribution in [3.63, 3.8) is 0 Å². The van der Waals surface area contributed by atoms with Crippen LogP contribution in [0.3, 0.4) is 0 Å². The number of morpholine rings is 1. The Hall–Kier alpha value is -1.45. The van der Waals surface area contributed by atoms with Crippen molar-refractivity contribution in [2.45, 2.75) is 32.2 Å². The lowest BCUT2D eigenvalue weighted by molar-refractivity contribution is -0.133. The van der Waals surface area contributed by atoms with Crippen molar-refractivity contribution in [2.75, 3.05) is 32.8 Å². The normalized spacial score (nSPS) is 16.0. The highest BCUT2D eigenvalue weighted by Gasteiger charge is 2.26. The summed E-state index contributed by atoms with van der Waals surface area (Å²) in [7, 11) is -3.76. The van der Waals surface area contributed by atoms with Crippen molar-refractivity contribution in [1.29, 1.82) is 0 Å². The number of nitrogens with zero attached hydrogens (tertiary/aromatic N) is 3. The number of hydrogen-bond donors (Lipinski definition) is 1. The molecule has 2 heterocycles. The third kappa shape index (κ3) is 3.47. The first-order valence-corrected chi connectivity index (χ1v) is 8.74. The molecule has 1 saturated heterocycles. The monoisotopic (exact) mass is 330 g/mol. The van der Waals surface area contributed by atoms with Gasteiger partial charge in [-0.3, -0.25) is 9.48 Å². The van der Waals surface area contributed by atoms with E-state index in [1.54, 1.807) is 23.4 Å². The summed E-state index contributed by atoms with van der Waals surface area (Å²) in [5, 5.41) is 4.20. The third-order valence-corrected chi connectivity index (χ3v) is 5.31. The fourth-order valence-corrected chi connectivity index (χ4v) is 3.91. The minimum atomic E-state index is -3.76. The summed E-state index contributed by atoms with van der Waals surface area (Å²) in [6.45, 7) is 7.55. The minimum Gasteiger partial charge on any atom is -0.378 e. The molecule has 1 aromatic heterocycles. The van der Waals surface area contributed by atoms with E-state index in [0.29, 0.717) is 44.2 Å². The fraction of sp³-hybridized carbons (Fsp3) is 0.692. The van der Waals surface area contributed by atoms with Crippen molar-refractivity contribution in [2.24, 2.45) is 0 Å². The van der Waals surface area contributed by atoms with Gasteiger partial charge in [0.25, 0.3) is 0 Å². The lowest BCUT2D eigenvalue weighted by atomic mass is 10.4. The summed E-state index contributed by atoms with van der Waals surface area (Å²) in [6, 6.07) is 0. The number of aryl methyl sites for hydroxylation is 2. The maximum atomic E-state index is 12.4. The van der Waals surface area contributed by atoms with E-state index >= 15 is 0 Å². The van der Waals surface area contributed by atoms with Crippen molar-refractivity contribution in [3.8, 4) is 0 Å². The van der Waals surface area contributed by atoms with Gasteiger partial charge in [-0.05, 0) is 20.8 Å². The van der Waals surface area contributed by atoms with Crippen molar-refractivity contribution in [3.05, 3.63) is 11.4 Å². The molecule has 0 radical (unpaired) electrons. The van der Waals surface area contributed by atoms with Gasteiger partial charge in [-0.15, -0.1) is 0 Å². The molecule has 1 N–H and O–H groups in total. The summed E-state index contributed by atoms with van der Waals surface area (Å²) >= 11 is 0. The number of amides is 1. The fourth-order valence-electron chi connectivity index (χ4n) is 2.53. The van der Waals surface area contributed by atoms with Crippen LogP contribution in [-0.2, 0) is 26.1 Å². The molecular weight excluding hydrogens is 308 g/mol. The molecule has 0 aromatic carbocycles.